The van der Waals surface area contributed by atoms with E-state index in [0.717, 1.165) is 5.69 Å². The number of hydrogen-bond donors (Lipinski definition) is 0. The second kappa shape index (κ2) is 2.27. The van der Waals surface area contributed by atoms with Crippen LogP contribution in [0.5, 0.6) is 0 Å². The fourth-order valence-electron chi connectivity index (χ4n) is 0.961. The maximum Gasteiger partial charge on any atom is 0.178 e. The summed E-state index contributed by atoms with van der Waals surface area (Å²) in [6.07, 6.45) is 3.11. The molecule has 0 saturated heterocycles. The lowest BCUT2D eigenvalue weighted by atomic mass is 10.4. The van der Waals surface area contributed by atoms with Crippen molar-refractivity contribution in [3.63, 3.8) is 0 Å². The summed E-state index contributed by atoms with van der Waals surface area (Å²) in [5.41, 5.74) is 1.93. The molecule has 0 aliphatic heterocycles. The van der Waals surface area contributed by atoms with E-state index < -0.39 is 0 Å². The zero-order valence-electron chi connectivity index (χ0n) is 6.39. The largest absolute Gasteiger partial charge is 0.234 e. The van der Waals surface area contributed by atoms with Gasteiger partial charge < -0.3 is 0 Å². The Morgan fingerprint density at radius 3 is 3.17 bits per heavy atom. The van der Waals surface area contributed by atoms with E-state index in [1.807, 2.05) is 13.0 Å². The van der Waals surface area contributed by atoms with E-state index in [9.17, 15) is 0 Å². The molecule has 12 heavy (non-hydrogen) atoms. The van der Waals surface area contributed by atoms with E-state index in [1.165, 1.54) is 10.7 Å². The van der Waals surface area contributed by atoms with Crippen LogP contribution in [0, 0.1) is 18.3 Å². The van der Waals surface area contributed by atoms with Crippen molar-refractivity contribution >= 4 is 5.65 Å². The monoisotopic (exact) mass is 159 g/mol. The maximum atomic E-state index is 8.55. The van der Waals surface area contributed by atoms with Crippen LogP contribution in [-0.2, 0) is 0 Å². The van der Waals surface area contributed by atoms with E-state index in [4.69, 9.17) is 5.26 Å². The van der Waals surface area contributed by atoms with Gasteiger partial charge in [-0.2, -0.15) is 5.26 Å². The van der Waals surface area contributed by atoms with Crippen molar-refractivity contribution < 1.29 is 0 Å². The average Bonchev–Trinajstić information content (AvgIpc) is 2.47. The van der Waals surface area contributed by atoms with Gasteiger partial charge in [0.25, 0.3) is 0 Å². The number of aromatic nitrogens is 4. The van der Waals surface area contributed by atoms with Crippen molar-refractivity contribution in [2.75, 3.05) is 0 Å². The minimum atomic E-state index is 0.479. The molecule has 0 saturated carbocycles. The highest BCUT2D eigenvalue weighted by molar-refractivity contribution is 5.42. The molecule has 0 atom stereocenters. The van der Waals surface area contributed by atoms with Crippen LogP contribution >= 0.6 is 0 Å². The molecule has 2 aromatic heterocycles. The van der Waals surface area contributed by atoms with Crippen LogP contribution in [0.2, 0.25) is 0 Å². The number of aryl methyl sites for hydroxylation is 1. The van der Waals surface area contributed by atoms with Crippen LogP contribution in [0.4, 0.5) is 0 Å². The molecule has 0 aliphatic rings. The zero-order valence-corrected chi connectivity index (χ0v) is 6.39. The van der Waals surface area contributed by atoms with Gasteiger partial charge >= 0.3 is 0 Å². The van der Waals surface area contributed by atoms with Crippen LogP contribution in [0.3, 0.4) is 0 Å². The Morgan fingerprint density at radius 2 is 2.42 bits per heavy atom. The number of nitriles is 1. The molecule has 0 fully saturated rings. The molecule has 5 heteroatoms. The van der Waals surface area contributed by atoms with Gasteiger partial charge in [-0.25, -0.2) is 9.50 Å². The molecule has 0 unspecified atom stereocenters. The van der Waals surface area contributed by atoms with Crippen LogP contribution in [-0.4, -0.2) is 19.8 Å². The smallest absolute Gasteiger partial charge is 0.178 e. The molecule has 0 aliphatic carbocycles. The zero-order chi connectivity index (χ0) is 8.55. The van der Waals surface area contributed by atoms with Crippen LogP contribution < -0.4 is 0 Å². The molecular weight excluding hydrogens is 154 g/mol. The summed E-state index contributed by atoms with van der Waals surface area (Å²) in [6.45, 7) is 1.82. The van der Waals surface area contributed by atoms with Gasteiger partial charge in [-0.3, -0.25) is 0 Å². The third-order valence-electron chi connectivity index (χ3n) is 1.55. The molecule has 0 aromatic carbocycles. The van der Waals surface area contributed by atoms with Gasteiger partial charge in [0.15, 0.2) is 5.65 Å². The first kappa shape index (κ1) is 6.73. The Hall–Kier alpha value is -1.96. The Bertz CT molecular complexity index is 464. The number of fused-ring (bicyclic) bond motifs is 1. The van der Waals surface area contributed by atoms with Crippen molar-refractivity contribution in [2.24, 2.45) is 0 Å². The summed E-state index contributed by atoms with van der Waals surface area (Å²) in [7, 11) is 0. The molecule has 58 valence electrons. The van der Waals surface area contributed by atoms with Gasteiger partial charge in [0.1, 0.15) is 11.8 Å². The number of hydrogen-bond acceptors (Lipinski definition) is 4. The minimum Gasteiger partial charge on any atom is -0.234 e. The lowest BCUT2D eigenvalue weighted by Crippen LogP contribution is -1.91. The molecule has 0 radical (unpaired) electrons. The molecule has 2 rings (SSSR count). The summed E-state index contributed by atoms with van der Waals surface area (Å²) < 4.78 is 1.49. The van der Waals surface area contributed by atoms with E-state index in [1.54, 1.807) is 6.20 Å². The van der Waals surface area contributed by atoms with Gasteiger partial charge in [0, 0.05) is 6.20 Å². The van der Waals surface area contributed by atoms with Gasteiger partial charge in [0.2, 0.25) is 0 Å². The van der Waals surface area contributed by atoms with Gasteiger partial charge in [-0.15, -0.1) is 5.10 Å². The average molecular weight is 159 g/mol. The second-order valence-electron chi connectivity index (χ2n) is 2.40. The Morgan fingerprint density at radius 1 is 1.58 bits per heavy atom. The predicted molar refractivity (Wildman–Crippen MR) is 40.2 cm³/mol. The highest BCUT2D eigenvalue weighted by Crippen LogP contribution is 2.02. The molecule has 5 nitrogen and oxygen atoms in total. The maximum absolute atomic E-state index is 8.55. The molecular formula is C7H5N5. The summed E-state index contributed by atoms with van der Waals surface area (Å²) in [4.78, 5) is 4.03. The van der Waals surface area contributed by atoms with E-state index in [-0.39, 0.29) is 0 Å². The normalized spacial score (nSPS) is 10.0. The van der Waals surface area contributed by atoms with Crippen molar-refractivity contribution in [2.45, 2.75) is 6.92 Å². The summed E-state index contributed by atoms with van der Waals surface area (Å²) in [5.74, 6) is 0. The standard InChI is InChI=1S/C7H5N5/c1-5-7-9-3-6(2-8)4-12(7)11-10-5/h3-4H,1H3. The molecule has 0 N–H and O–H groups in total. The summed E-state index contributed by atoms with van der Waals surface area (Å²) in [5, 5.41) is 16.1. The molecule has 0 amide bonds. The highest BCUT2D eigenvalue weighted by Gasteiger charge is 2.01. The van der Waals surface area contributed by atoms with Crippen molar-refractivity contribution in [1.29, 1.82) is 5.26 Å². The quantitative estimate of drug-likeness (QED) is 0.554. The van der Waals surface area contributed by atoms with Crippen LogP contribution in [0.25, 0.3) is 5.65 Å². The predicted octanol–water partition coefficient (Wildman–Crippen LogP) is 0.304. The van der Waals surface area contributed by atoms with Gasteiger partial charge in [0.05, 0.1) is 11.8 Å². The SMILES string of the molecule is Cc1nnn2cc(C#N)cnc12. The third-order valence-corrected chi connectivity index (χ3v) is 1.55. The van der Waals surface area contributed by atoms with Crippen molar-refractivity contribution in [1.82, 2.24) is 19.8 Å². The van der Waals surface area contributed by atoms with E-state index in [2.05, 4.69) is 15.3 Å². The molecule has 2 heterocycles. The lowest BCUT2D eigenvalue weighted by Gasteiger charge is -1.90. The van der Waals surface area contributed by atoms with Gasteiger partial charge in [-0.1, -0.05) is 5.21 Å². The minimum absolute atomic E-state index is 0.479. The molecule has 0 spiro atoms. The topological polar surface area (TPSA) is 66.9 Å². The third kappa shape index (κ3) is 0.820. The Balaban J connectivity index is 2.80. The van der Waals surface area contributed by atoms with Crippen molar-refractivity contribution in [3.05, 3.63) is 23.7 Å². The van der Waals surface area contributed by atoms with Crippen LogP contribution in [0.15, 0.2) is 12.4 Å². The summed E-state index contributed by atoms with van der Waals surface area (Å²) >= 11 is 0. The lowest BCUT2D eigenvalue weighted by molar-refractivity contribution is 0.840. The fourth-order valence-corrected chi connectivity index (χ4v) is 0.961. The number of nitrogens with zero attached hydrogens (tertiary/aromatic N) is 5. The highest BCUT2D eigenvalue weighted by atomic mass is 15.4. The molecule has 2 aromatic rings. The Labute approximate surface area is 68.3 Å². The fraction of sp³-hybridized carbons (Fsp3) is 0.143. The van der Waals surface area contributed by atoms with Gasteiger partial charge in [-0.05, 0) is 6.92 Å². The first-order valence-electron chi connectivity index (χ1n) is 3.39. The number of rotatable bonds is 0. The van der Waals surface area contributed by atoms with Crippen molar-refractivity contribution in [3.8, 4) is 6.07 Å². The second-order valence-corrected chi connectivity index (χ2v) is 2.40. The first-order valence-corrected chi connectivity index (χ1v) is 3.39. The molecule has 0 bridgehead atoms. The van der Waals surface area contributed by atoms with Crippen LogP contribution in [0.1, 0.15) is 11.3 Å². The van der Waals surface area contributed by atoms with E-state index >= 15 is 0 Å². The summed E-state index contributed by atoms with van der Waals surface area (Å²) in [6, 6.07) is 1.98. The Kier molecular flexibility index (Phi) is 1.27. The first-order chi connectivity index (χ1) is 5.81. The van der Waals surface area contributed by atoms with E-state index in [0.29, 0.717) is 11.2 Å².